The fraction of sp³-hybridized carbons (Fsp3) is 0.583. The van der Waals surface area contributed by atoms with Gasteiger partial charge in [-0.25, -0.2) is 0 Å². The molecule has 3 heteroatoms. The average molecular weight is 207 g/mol. The second-order valence-electron chi connectivity index (χ2n) is 4.13. The molecule has 2 heterocycles. The summed E-state index contributed by atoms with van der Waals surface area (Å²) < 4.78 is 5.29. The molecule has 0 amide bonds. The number of aromatic nitrogens is 1. The van der Waals surface area contributed by atoms with Crippen LogP contribution in [-0.2, 0) is 4.74 Å². The number of nitrogens with zero attached hydrogens (tertiary/aromatic N) is 1. The van der Waals surface area contributed by atoms with Gasteiger partial charge < -0.3 is 9.84 Å². The van der Waals surface area contributed by atoms with Crippen LogP contribution < -0.4 is 0 Å². The van der Waals surface area contributed by atoms with Crippen molar-refractivity contribution in [2.24, 2.45) is 5.92 Å². The molecule has 0 radical (unpaired) electrons. The second kappa shape index (κ2) is 4.73. The minimum absolute atomic E-state index is 0.321. The molecule has 1 atom stereocenters. The quantitative estimate of drug-likeness (QED) is 0.804. The zero-order valence-corrected chi connectivity index (χ0v) is 9.02. The molecule has 1 N–H and O–H groups in total. The average Bonchev–Trinajstić information content (AvgIpc) is 2.30. The van der Waals surface area contributed by atoms with Gasteiger partial charge in [-0.15, -0.1) is 0 Å². The van der Waals surface area contributed by atoms with Gasteiger partial charge in [0.2, 0.25) is 0 Å². The van der Waals surface area contributed by atoms with Gasteiger partial charge in [0.1, 0.15) is 0 Å². The molecule has 0 spiro atoms. The standard InChI is InChI=1S/C12H17NO2/c1-9-2-5-13-8-11(9)12(14)10-3-6-15-7-4-10/h2,5,8,10,12,14H,3-4,6-7H2,1H3. The predicted octanol–water partition coefficient (Wildman–Crippen LogP) is 1.85. The number of hydrogen-bond acceptors (Lipinski definition) is 3. The Labute approximate surface area is 90.1 Å². The van der Waals surface area contributed by atoms with Crippen molar-refractivity contribution in [2.45, 2.75) is 25.9 Å². The maximum atomic E-state index is 10.2. The summed E-state index contributed by atoms with van der Waals surface area (Å²) in [5.41, 5.74) is 2.08. The van der Waals surface area contributed by atoms with Crippen molar-refractivity contribution < 1.29 is 9.84 Å². The van der Waals surface area contributed by atoms with Crippen LogP contribution in [0.15, 0.2) is 18.5 Å². The van der Waals surface area contributed by atoms with Crippen LogP contribution >= 0.6 is 0 Å². The predicted molar refractivity (Wildman–Crippen MR) is 57.5 cm³/mol. The molecule has 0 aromatic carbocycles. The van der Waals surface area contributed by atoms with Gasteiger partial charge in [-0.05, 0) is 37.3 Å². The third-order valence-corrected chi connectivity index (χ3v) is 3.11. The first-order valence-electron chi connectivity index (χ1n) is 5.45. The highest BCUT2D eigenvalue weighted by atomic mass is 16.5. The Hall–Kier alpha value is -0.930. The first-order chi connectivity index (χ1) is 7.29. The number of rotatable bonds is 2. The molecule has 1 aliphatic rings. The summed E-state index contributed by atoms with van der Waals surface area (Å²) in [7, 11) is 0. The molecule has 2 rings (SSSR count). The number of aryl methyl sites for hydroxylation is 1. The minimum Gasteiger partial charge on any atom is -0.388 e. The summed E-state index contributed by atoms with van der Waals surface area (Å²) in [5, 5.41) is 10.2. The van der Waals surface area contributed by atoms with Crippen LogP contribution in [-0.4, -0.2) is 23.3 Å². The van der Waals surface area contributed by atoms with Crippen molar-refractivity contribution in [3.05, 3.63) is 29.6 Å². The second-order valence-corrected chi connectivity index (χ2v) is 4.13. The van der Waals surface area contributed by atoms with Crippen LogP contribution in [0.1, 0.15) is 30.1 Å². The van der Waals surface area contributed by atoms with E-state index in [2.05, 4.69) is 4.98 Å². The first-order valence-corrected chi connectivity index (χ1v) is 5.45. The number of aliphatic hydroxyl groups is 1. The largest absolute Gasteiger partial charge is 0.388 e. The summed E-state index contributed by atoms with van der Waals surface area (Å²) >= 11 is 0. The van der Waals surface area contributed by atoms with E-state index < -0.39 is 0 Å². The molecule has 1 fully saturated rings. The molecule has 0 saturated carbocycles. The number of ether oxygens (including phenoxy) is 1. The van der Waals surface area contributed by atoms with Crippen LogP contribution in [0.3, 0.4) is 0 Å². The van der Waals surface area contributed by atoms with Gasteiger partial charge in [-0.1, -0.05) is 0 Å². The molecule has 0 aliphatic carbocycles. The van der Waals surface area contributed by atoms with E-state index >= 15 is 0 Å². The van der Waals surface area contributed by atoms with Gasteiger partial charge >= 0.3 is 0 Å². The summed E-state index contributed by atoms with van der Waals surface area (Å²) in [6.07, 6.45) is 5.03. The molecule has 1 aromatic heterocycles. The zero-order valence-electron chi connectivity index (χ0n) is 9.02. The van der Waals surface area contributed by atoms with Crippen LogP contribution in [0.5, 0.6) is 0 Å². The molecule has 1 saturated heterocycles. The van der Waals surface area contributed by atoms with Gasteiger partial charge in [0.25, 0.3) is 0 Å². The Morgan fingerprint density at radius 3 is 2.87 bits per heavy atom. The minimum atomic E-state index is -0.386. The molecule has 1 aliphatic heterocycles. The fourth-order valence-electron chi connectivity index (χ4n) is 2.07. The van der Waals surface area contributed by atoms with Crippen LogP contribution in [0.2, 0.25) is 0 Å². The highest BCUT2D eigenvalue weighted by Crippen LogP contribution is 2.30. The lowest BCUT2D eigenvalue weighted by Gasteiger charge is -2.27. The van der Waals surface area contributed by atoms with E-state index in [1.54, 1.807) is 12.4 Å². The van der Waals surface area contributed by atoms with E-state index in [0.29, 0.717) is 5.92 Å². The maximum absolute atomic E-state index is 10.2. The lowest BCUT2D eigenvalue weighted by molar-refractivity contribution is 0.00683. The van der Waals surface area contributed by atoms with Gasteiger partial charge in [0.05, 0.1) is 6.10 Å². The normalized spacial score (nSPS) is 20.1. The molecular weight excluding hydrogens is 190 g/mol. The topological polar surface area (TPSA) is 42.4 Å². The first kappa shape index (κ1) is 10.6. The Morgan fingerprint density at radius 1 is 1.47 bits per heavy atom. The summed E-state index contributed by atoms with van der Waals surface area (Å²) in [6, 6.07) is 1.94. The molecule has 0 bridgehead atoms. The van der Waals surface area contributed by atoms with Gasteiger partial charge in [-0.3, -0.25) is 4.98 Å². The summed E-state index contributed by atoms with van der Waals surface area (Å²) in [5.74, 6) is 0.321. The van der Waals surface area contributed by atoms with Gasteiger partial charge in [-0.2, -0.15) is 0 Å². The van der Waals surface area contributed by atoms with Crippen molar-refractivity contribution >= 4 is 0 Å². The van der Waals surface area contributed by atoms with Crippen molar-refractivity contribution in [2.75, 3.05) is 13.2 Å². The van der Waals surface area contributed by atoms with Gasteiger partial charge in [0, 0.05) is 31.2 Å². The summed E-state index contributed by atoms with van der Waals surface area (Å²) in [4.78, 5) is 4.07. The molecule has 3 nitrogen and oxygen atoms in total. The van der Waals surface area contributed by atoms with E-state index in [4.69, 9.17) is 4.74 Å². The Morgan fingerprint density at radius 2 is 2.20 bits per heavy atom. The van der Waals surface area contributed by atoms with Crippen LogP contribution in [0.25, 0.3) is 0 Å². The Balaban J connectivity index is 2.12. The van der Waals surface area contributed by atoms with Crippen molar-refractivity contribution in [3.63, 3.8) is 0 Å². The molecule has 82 valence electrons. The molecule has 1 unspecified atom stereocenters. The molecule has 15 heavy (non-hydrogen) atoms. The smallest absolute Gasteiger partial charge is 0.0837 e. The van der Waals surface area contributed by atoms with E-state index in [-0.39, 0.29) is 6.10 Å². The van der Waals surface area contributed by atoms with E-state index in [1.165, 1.54) is 0 Å². The monoisotopic (exact) mass is 207 g/mol. The lowest BCUT2D eigenvalue weighted by Crippen LogP contribution is -2.22. The highest BCUT2D eigenvalue weighted by molar-refractivity contribution is 5.24. The molecule has 1 aromatic rings. The van der Waals surface area contributed by atoms with Crippen LogP contribution in [0.4, 0.5) is 0 Å². The van der Waals surface area contributed by atoms with Crippen LogP contribution in [0, 0.1) is 12.8 Å². The maximum Gasteiger partial charge on any atom is 0.0837 e. The third-order valence-electron chi connectivity index (χ3n) is 3.11. The zero-order chi connectivity index (χ0) is 10.7. The van der Waals surface area contributed by atoms with E-state index in [0.717, 1.165) is 37.2 Å². The number of aliphatic hydroxyl groups excluding tert-OH is 1. The molecular formula is C12H17NO2. The van der Waals surface area contributed by atoms with Crippen molar-refractivity contribution in [3.8, 4) is 0 Å². The lowest BCUT2D eigenvalue weighted by atomic mass is 9.88. The third kappa shape index (κ3) is 2.36. The number of pyridine rings is 1. The summed E-state index contributed by atoms with van der Waals surface area (Å²) in [6.45, 7) is 3.54. The van der Waals surface area contributed by atoms with Gasteiger partial charge in [0.15, 0.2) is 0 Å². The SMILES string of the molecule is Cc1ccncc1C(O)C1CCOCC1. The van der Waals surface area contributed by atoms with E-state index in [1.807, 2.05) is 13.0 Å². The Bertz CT molecular complexity index is 321. The Kier molecular flexibility index (Phi) is 3.34. The van der Waals surface area contributed by atoms with Crippen molar-refractivity contribution in [1.29, 1.82) is 0 Å². The van der Waals surface area contributed by atoms with Crippen molar-refractivity contribution in [1.82, 2.24) is 4.98 Å². The van der Waals surface area contributed by atoms with E-state index in [9.17, 15) is 5.11 Å². The highest BCUT2D eigenvalue weighted by Gasteiger charge is 2.24. The number of hydrogen-bond donors (Lipinski definition) is 1. The fourth-order valence-corrected chi connectivity index (χ4v) is 2.07.